The minimum Gasteiger partial charge on any atom is -0.368 e. The second-order valence-electron chi connectivity index (χ2n) is 5.36. The van der Waals surface area contributed by atoms with E-state index in [1.165, 1.54) is 6.33 Å². The number of halogens is 2. The van der Waals surface area contributed by atoms with Crippen LogP contribution in [0.25, 0.3) is 0 Å². The van der Waals surface area contributed by atoms with Crippen LogP contribution in [0.2, 0.25) is 0 Å². The predicted molar refractivity (Wildman–Crippen MR) is 76.3 cm³/mol. The third-order valence-electron chi connectivity index (χ3n) is 3.77. The van der Waals surface area contributed by atoms with Crippen molar-refractivity contribution in [3.63, 3.8) is 0 Å². The van der Waals surface area contributed by atoms with E-state index in [9.17, 15) is 13.6 Å². The number of hydrogen-bond donors (Lipinski definition) is 2. The van der Waals surface area contributed by atoms with Crippen molar-refractivity contribution in [2.75, 3.05) is 6.61 Å². The smallest absolute Gasteiger partial charge is 0.220 e. The van der Waals surface area contributed by atoms with E-state index in [0.717, 1.165) is 18.2 Å². The quantitative estimate of drug-likeness (QED) is 0.877. The standard InChI is InChI=1S/C15H16F2N4O2/c16-10-2-3-11(17)9(7-10)1-4-13(22)20-12-5-6-23-14(12)15-18-8-19-21-15/h2-3,7-8,12,14H,1,4-6H2,(H,20,22)(H,18,19,21)/t12-,14+/m0/s1. The van der Waals surface area contributed by atoms with Gasteiger partial charge in [0.2, 0.25) is 5.91 Å². The second kappa shape index (κ2) is 6.82. The minimum absolute atomic E-state index is 0.0694. The summed E-state index contributed by atoms with van der Waals surface area (Å²) in [6, 6.07) is 3.01. The number of nitrogens with one attached hydrogen (secondary N) is 2. The highest BCUT2D eigenvalue weighted by Crippen LogP contribution is 2.26. The molecule has 0 unspecified atom stereocenters. The summed E-state index contributed by atoms with van der Waals surface area (Å²) in [4.78, 5) is 16.1. The summed E-state index contributed by atoms with van der Waals surface area (Å²) >= 11 is 0. The second-order valence-corrected chi connectivity index (χ2v) is 5.36. The number of carbonyl (C=O) groups is 1. The molecule has 0 radical (unpaired) electrons. The summed E-state index contributed by atoms with van der Waals surface area (Å²) in [6.07, 6.45) is 1.87. The average Bonchev–Trinajstić information content (AvgIpc) is 3.19. The Kier molecular flexibility index (Phi) is 4.61. The van der Waals surface area contributed by atoms with Gasteiger partial charge in [-0.25, -0.2) is 13.8 Å². The topological polar surface area (TPSA) is 79.9 Å². The van der Waals surface area contributed by atoms with Crippen LogP contribution in [-0.4, -0.2) is 33.7 Å². The molecule has 2 heterocycles. The first-order chi connectivity index (χ1) is 11.1. The number of rotatable bonds is 5. The Morgan fingerprint density at radius 3 is 3.09 bits per heavy atom. The molecule has 1 aromatic carbocycles. The molecule has 2 N–H and O–H groups in total. The maximum Gasteiger partial charge on any atom is 0.220 e. The van der Waals surface area contributed by atoms with Gasteiger partial charge in [-0.1, -0.05) is 0 Å². The Morgan fingerprint density at radius 1 is 1.43 bits per heavy atom. The van der Waals surface area contributed by atoms with E-state index in [4.69, 9.17) is 4.74 Å². The maximum atomic E-state index is 13.5. The van der Waals surface area contributed by atoms with Gasteiger partial charge in [-0.05, 0) is 36.6 Å². The first kappa shape index (κ1) is 15.5. The zero-order chi connectivity index (χ0) is 16.2. The number of amides is 1. The van der Waals surface area contributed by atoms with Crippen LogP contribution in [0, 0.1) is 11.6 Å². The molecule has 1 amide bonds. The number of ether oxygens (including phenoxy) is 1. The van der Waals surface area contributed by atoms with E-state index in [-0.39, 0.29) is 36.5 Å². The van der Waals surface area contributed by atoms with Gasteiger partial charge in [0.15, 0.2) is 5.82 Å². The molecule has 1 aliphatic heterocycles. The molecule has 0 saturated carbocycles. The average molecular weight is 322 g/mol. The minimum atomic E-state index is -0.517. The predicted octanol–water partition coefficient (Wildman–Crippen LogP) is 1.66. The molecule has 2 aromatic rings. The molecular formula is C15H16F2N4O2. The van der Waals surface area contributed by atoms with Crippen LogP contribution in [0.1, 0.15) is 30.3 Å². The van der Waals surface area contributed by atoms with Gasteiger partial charge in [0.1, 0.15) is 24.1 Å². The molecule has 0 spiro atoms. The zero-order valence-corrected chi connectivity index (χ0v) is 12.3. The lowest BCUT2D eigenvalue weighted by Crippen LogP contribution is -2.37. The third kappa shape index (κ3) is 3.70. The summed E-state index contributed by atoms with van der Waals surface area (Å²) < 4.78 is 32.2. The Labute approximate surface area is 131 Å². The first-order valence-corrected chi connectivity index (χ1v) is 7.33. The van der Waals surface area contributed by atoms with Crippen molar-refractivity contribution in [3.8, 4) is 0 Å². The molecule has 122 valence electrons. The fourth-order valence-corrected chi connectivity index (χ4v) is 2.62. The molecular weight excluding hydrogens is 306 g/mol. The third-order valence-corrected chi connectivity index (χ3v) is 3.77. The molecule has 6 nitrogen and oxygen atoms in total. The highest BCUT2D eigenvalue weighted by Gasteiger charge is 2.32. The molecule has 8 heteroatoms. The number of aryl methyl sites for hydroxylation is 1. The maximum absolute atomic E-state index is 13.5. The van der Waals surface area contributed by atoms with E-state index in [0.29, 0.717) is 18.9 Å². The van der Waals surface area contributed by atoms with Gasteiger partial charge in [-0.2, -0.15) is 5.10 Å². The van der Waals surface area contributed by atoms with Crippen molar-refractivity contribution in [2.24, 2.45) is 0 Å². The van der Waals surface area contributed by atoms with Crippen molar-refractivity contribution in [2.45, 2.75) is 31.4 Å². The van der Waals surface area contributed by atoms with Gasteiger partial charge in [0, 0.05) is 13.0 Å². The monoisotopic (exact) mass is 322 g/mol. The fraction of sp³-hybridized carbons (Fsp3) is 0.400. The largest absolute Gasteiger partial charge is 0.368 e. The SMILES string of the molecule is O=C(CCc1cc(F)ccc1F)N[C@H]1CCO[C@H]1c1ncn[nH]1. The van der Waals surface area contributed by atoms with E-state index in [2.05, 4.69) is 20.5 Å². The van der Waals surface area contributed by atoms with Crippen LogP contribution in [0.5, 0.6) is 0 Å². The van der Waals surface area contributed by atoms with Crippen molar-refractivity contribution in [1.29, 1.82) is 0 Å². The molecule has 1 saturated heterocycles. The molecule has 0 bridgehead atoms. The summed E-state index contributed by atoms with van der Waals surface area (Å²) in [5.74, 6) is -0.711. The Morgan fingerprint density at radius 2 is 2.30 bits per heavy atom. The van der Waals surface area contributed by atoms with Gasteiger partial charge >= 0.3 is 0 Å². The summed E-state index contributed by atoms with van der Waals surface area (Å²) in [7, 11) is 0. The summed E-state index contributed by atoms with van der Waals surface area (Å²) in [6.45, 7) is 0.509. The van der Waals surface area contributed by atoms with Crippen molar-refractivity contribution in [3.05, 3.63) is 47.5 Å². The molecule has 3 rings (SSSR count). The van der Waals surface area contributed by atoms with Crippen molar-refractivity contribution >= 4 is 5.91 Å². The number of nitrogens with zero attached hydrogens (tertiary/aromatic N) is 2. The van der Waals surface area contributed by atoms with Gasteiger partial charge < -0.3 is 10.1 Å². The van der Waals surface area contributed by atoms with Gasteiger partial charge in [0.05, 0.1) is 6.04 Å². The molecule has 2 atom stereocenters. The lowest BCUT2D eigenvalue weighted by Gasteiger charge is -2.17. The number of H-pyrrole nitrogens is 1. The van der Waals surface area contributed by atoms with E-state index < -0.39 is 11.6 Å². The molecule has 0 aliphatic carbocycles. The molecule has 1 aliphatic rings. The number of aromatic nitrogens is 3. The Bertz CT molecular complexity index is 678. The molecule has 1 aromatic heterocycles. The van der Waals surface area contributed by atoms with E-state index in [1.807, 2.05) is 0 Å². The molecule has 23 heavy (non-hydrogen) atoms. The molecule has 1 fully saturated rings. The summed E-state index contributed by atoms with van der Waals surface area (Å²) in [5, 5.41) is 9.35. The lowest BCUT2D eigenvalue weighted by molar-refractivity contribution is -0.122. The number of aromatic amines is 1. The van der Waals surface area contributed by atoms with Crippen LogP contribution in [0.15, 0.2) is 24.5 Å². The van der Waals surface area contributed by atoms with Crippen LogP contribution >= 0.6 is 0 Å². The van der Waals surface area contributed by atoms with Crippen LogP contribution in [0.4, 0.5) is 8.78 Å². The fourth-order valence-electron chi connectivity index (χ4n) is 2.62. The highest BCUT2D eigenvalue weighted by molar-refractivity contribution is 5.76. The van der Waals surface area contributed by atoms with Gasteiger partial charge in [-0.3, -0.25) is 9.89 Å². The number of hydrogen-bond acceptors (Lipinski definition) is 4. The van der Waals surface area contributed by atoms with Crippen LogP contribution < -0.4 is 5.32 Å². The Hall–Kier alpha value is -2.35. The van der Waals surface area contributed by atoms with Crippen molar-refractivity contribution in [1.82, 2.24) is 20.5 Å². The highest BCUT2D eigenvalue weighted by atomic mass is 19.1. The first-order valence-electron chi connectivity index (χ1n) is 7.33. The van der Waals surface area contributed by atoms with Crippen LogP contribution in [-0.2, 0) is 16.0 Å². The number of benzene rings is 1. The normalized spacial score (nSPS) is 20.6. The van der Waals surface area contributed by atoms with E-state index in [1.54, 1.807) is 0 Å². The van der Waals surface area contributed by atoms with Crippen LogP contribution in [0.3, 0.4) is 0 Å². The summed E-state index contributed by atoms with van der Waals surface area (Å²) in [5.41, 5.74) is 0.189. The van der Waals surface area contributed by atoms with Gasteiger partial charge in [-0.15, -0.1) is 0 Å². The number of carbonyl (C=O) groups excluding carboxylic acids is 1. The van der Waals surface area contributed by atoms with E-state index >= 15 is 0 Å². The lowest BCUT2D eigenvalue weighted by atomic mass is 10.1. The Balaban J connectivity index is 1.56. The zero-order valence-electron chi connectivity index (χ0n) is 12.3. The van der Waals surface area contributed by atoms with Gasteiger partial charge in [0.25, 0.3) is 0 Å². The van der Waals surface area contributed by atoms with Crippen molar-refractivity contribution < 1.29 is 18.3 Å².